The van der Waals surface area contributed by atoms with Gasteiger partial charge in [0.15, 0.2) is 0 Å². The van der Waals surface area contributed by atoms with E-state index in [1.54, 1.807) is 31.2 Å². The van der Waals surface area contributed by atoms with Gasteiger partial charge in [-0.25, -0.2) is 12.8 Å². The molecule has 0 spiro atoms. The Morgan fingerprint density at radius 1 is 1.19 bits per heavy atom. The fourth-order valence-corrected chi connectivity index (χ4v) is 6.35. The zero-order chi connectivity index (χ0) is 22.3. The Bertz CT molecular complexity index is 1120. The van der Waals surface area contributed by atoms with Gasteiger partial charge in [0, 0.05) is 31.4 Å². The van der Waals surface area contributed by atoms with Crippen LogP contribution in [0.25, 0.3) is 0 Å². The summed E-state index contributed by atoms with van der Waals surface area (Å²) in [6.07, 6.45) is 1.76. The number of piperazine rings is 1. The van der Waals surface area contributed by atoms with E-state index in [-0.39, 0.29) is 23.3 Å². The Labute approximate surface area is 182 Å². The van der Waals surface area contributed by atoms with Gasteiger partial charge in [0.05, 0.1) is 10.8 Å². The summed E-state index contributed by atoms with van der Waals surface area (Å²) in [7, 11) is -3.77. The number of hydrogen-bond acceptors (Lipinski definition) is 4. The van der Waals surface area contributed by atoms with Crippen LogP contribution < -0.4 is 4.90 Å². The lowest BCUT2D eigenvalue weighted by atomic mass is 10.0. The number of fused-ring (bicyclic) bond motifs is 1. The number of rotatable bonds is 5. The van der Waals surface area contributed by atoms with Crippen molar-refractivity contribution in [1.29, 1.82) is 0 Å². The smallest absolute Gasteiger partial charge is 0.310 e. The van der Waals surface area contributed by atoms with Gasteiger partial charge in [-0.15, -0.1) is 0 Å². The van der Waals surface area contributed by atoms with Gasteiger partial charge in [0.2, 0.25) is 10.0 Å². The Morgan fingerprint density at radius 2 is 1.97 bits per heavy atom. The molecule has 2 aromatic rings. The number of carboxylic acid groups (broad SMARTS) is 1. The van der Waals surface area contributed by atoms with Crippen molar-refractivity contribution in [2.75, 3.05) is 24.5 Å². The molecule has 1 aliphatic heterocycles. The fraction of sp³-hybridized carbons (Fsp3) is 0.435. The maximum absolute atomic E-state index is 14.0. The van der Waals surface area contributed by atoms with E-state index in [1.807, 2.05) is 17.9 Å². The lowest BCUT2D eigenvalue weighted by molar-refractivity contribution is -0.138. The van der Waals surface area contributed by atoms with Crippen LogP contribution in [0.1, 0.15) is 42.4 Å². The molecular weight excluding hydrogens is 419 g/mol. The molecule has 1 heterocycles. The largest absolute Gasteiger partial charge is 0.481 e. The predicted molar refractivity (Wildman–Crippen MR) is 116 cm³/mol. The van der Waals surface area contributed by atoms with Gasteiger partial charge < -0.3 is 10.0 Å². The van der Waals surface area contributed by atoms with Crippen molar-refractivity contribution in [2.24, 2.45) is 0 Å². The summed E-state index contributed by atoms with van der Waals surface area (Å²) in [5.74, 6) is -1.84. The zero-order valence-electron chi connectivity index (χ0n) is 17.7. The van der Waals surface area contributed by atoms with E-state index >= 15 is 0 Å². The van der Waals surface area contributed by atoms with Crippen LogP contribution in [0.2, 0.25) is 0 Å². The Morgan fingerprint density at radius 3 is 2.65 bits per heavy atom. The summed E-state index contributed by atoms with van der Waals surface area (Å²) in [6, 6.07) is 9.72. The summed E-state index contributed by atoms with van der Waals surface area (Å²) in [6.45, 7) is 4.87. The molecule has 4 rings (SSSR count). The van der Waals surface area contributed by atoms with Gasteiger partial charge in [-0.05, 0) is 67.1 Å². The highest BCUT2D eigenvalue weighted by Gasteiger charge is 2.37. The molecule has 31 heavy (non-hydrogen) atoms. The van der Waals surface area contributed by atoms with Gasteiger partial charge in [-0.3, -0.25) is 4.79 Å². The Hall–Kier alpha value is -2.45. The van der Waals surface area contributed by atoms with E-state index in [0.29, 0.717) is 43.5 Å². The maximum atomic E-state index is 14.0. The molecule has 0 saturated carbocycles. The maximum Gasteiger partial charge on any atom is 0.310 e. The van der Waals surface area contributed by atoms with Crippen molar-refractivity contribution in [3.8, 4) is 0 Å². The summed E-state index contributed by atoms with van der Waals surface area (Å²) in [5.41, 5.74) is 2.84. The van der Waals surface area contributed by atoms with Gasteiger partial charge in [0.1, 0.15) is 5.82 Å². The molecule has 2 unspecified atom stereocenters. The van der Waals surface area contributed by atoms with E-state index in [1.165, 1.54) is 10.4 Å². The highest BCUT2D eigenvalue weighted by Crippen LogP contribution is 2.36. The van der Waals surface area contributed by atoms with Crippen molar-refractivity contribution < 1.29 is 22.7 Å². The molecule has 166 valence electrons. The molecule has 0 amide bonds. The highest BCUT2D eigenvalue weighted by molar-refractivity contribution is 7.89. The Balaban J connectivity index is 1.60. The average Bonchev–Trinajstić information content (AvgIpc) is 3.18. The SMILES string of the molecule is CCC1CN(c2ccc(C)c(F)c2)CCN1S(=O)(=O)c1ccc2c(c1)C(C(=O)O)CC2. The molecule has 8 heteroatoms. The molecule has 6 nitrogen and oxygen atoms in total. The number of nitrogens with zero attached hydrogens (tertiary/aromatic N) is 2. The number of hydrogen-bond donors (Lipinski definition) is 1. The zero-order valence-corrected chi connectivity index (χ0v) is 18.5. The van der Waals surface area contributed by atoms with Crippen molar-refractivity contribution in [3.05, 3.63) is 58.9 Å². The number of aryl methyl sites for hydroxylation is 2. The minimum Gasteiger partial charge on any atom is -0.481 e. The minimum absolute atomic E-state index is 0.146. The van der Waals surface area contributed by atoms with Gasteiger partial charge >= 0.3 is 5.97 Å². The van der Waals surface area contributed by atoms with Crippen LogP contribution >= 0.6 is 0 Å². The third-order valence-electron chi connectivity index (χ3n) is 6.52. The van der Waals surface area contributed by atoms with Crippen molar-refractivity contribution in [3.63, 3.8) is 0 Å². The minimum atomic E-state index is -3.77. The van der Waals surface area contributed by atoms with Gasteiger partial charge in [-0.1, -0.05) is 19.1 Å². The monoisotopic (exact) mass is 446 g/mol. The number of anilines is 1. The highest BCUT2D eigenvalue weighted by atomic mass is 32.2. The standard InChI is InChI=1S/C23H27FN2O4S/c1-3-17-14-25(18-7-4-15(2)22(24)12-18)10-11-26(17)31(29,30)19-8-5-16-6-9-20(23(27)28)21(16)13-19/h4-5,7-8,12-13,17,20H,3,6,9-11,14H2,1-2H3,(H,27,28). The number of benzene rings is 2. The van der Waals surface area contributed by atoms with Crippen molar-refractivity contribution >= 4 is 21.7 Å². The predicted octanol–water partition coefficient (Wildman–Crippen LogP) is 3.54. The lowest BCUT2D eigenvalue weighted by Gasteiger charge is -2.41. The second-order valence-electron chi connectivity index (χ2n) is 8.35. The molecule has 0 bridgehead atoms. The molecular formula is C23H27FN2O4S. The van der Waals surface area contributed by atoms with Crippen LogP contribution in [0.4, 0.5) is 10.1 Å². The molecule has 0 radical (unpaired) electrons. The van der Waals surface area contributed by atoms with E-state index in [9.17, 15) is 22.7 Å². The molecule has 2 atom stereocenters. The molecule has 2 aromatic carbocycles. The Kier molecular flexibility index (Phi) is 5.79. The quantitative estimate of drug-likeness (QED) is 0.760. The summed E-state index contributed by atoms with van der Waals surface area (Å²) in [5, 5.41) is 9.46. The van der Waals surface area contributed by atoms with Crippen LogP contribution in [-0.2, 0) is 21.2 Å². The second-order valence-corrected chi connectivity index (χ2v) is 10.2. The number of carboxylic acids is 1. The van der Waals surface area contributed by atoms with Crippen LogP contribution in [0.3, 0.4) is 0 Å². The summed E-state index contributed by atoms with van der Waals surface area (Å²) >= 11 is 0. The van der Waals surface area contributed by atoms with E-state index in [2.05, 4.69) is 0 Å². The second kappa shape index (κ2) is 8.24. The first-order valence-corrected chi connectivity index (χ1v) is 12.0. The number of sulfonamides is 1. The average molecular weight is 447 g/mol. The lowest BCUT2D eigenvalue weighted by Crippen LogP contribution is -2.55. The first-order valence-electron chi connectivity index (χ1n) is 10.6. The third-order valence-corrected chi connectivity index (χ3v) is 8.47. The number of aliphatic carboxylic acids is 1. The van der Waals surface area contributed by atoms with Crippen molar-refractivity contribution in [2.45, 2.75) is 50.0 Å². The van der Waals surface area contributed by atoms with E-state index in [0.717, 1.165) is 11.3 Å². The normalized spacial score (nSPS) is 21.8. The number of halogens is 1. The third kappa shape index (κ3) is 3.94. The first kappa shape index (κ1) is 21.8. The van der Waals surface area contributed by atoms with E-state index in [4.69, 9.17) is 0 Å². The van der Waals surface area contributed by atoms with Crippen molar-refractivity contribution in [1.82, 2.24) is 4.31 Å². The van der Waals surface area contributed by atoms with Crippen LogP contribution in [-0.4, -0.2) is 49.5 Å². The molecule has 2 aliphatic rings. The molecule has 1 N–H and O–H groups in total. The summed E-state index contributed by atoms with van der Waals surface area (Å²) in [4.78, 5) is 13.7. The van der Waals surface area contributed by atoms with Crippen LogP contribution in [0, 0.1) is 12.7 Å². The van der Waals surface area contributed by atoms with Gasteiger partial charge in [-0.2, -0.15) is 4.31 Å². The van der Waals surface area contributed by atoms with Gasteiger partial charge in [0.25, 0.3) is 0 Å². The summed E-state index contributed by atoms with van der Waals surface area (Å²) < 4.78 is 42.5. The molecule has 1 aliphatic carbocycles. The fourth-order valence-electron chi connectivity index (χ4n) is 4.63. The molecule has 1 fully saturated rings. The number of carbonyl (C=O) groups is 1. The first-order chi connectivity index (χ1) is 14.7. The molecule has 1 saturated heterocycles. The van der Waals surface area contributed by atoms with Crippen LogP contribution in [0.5, 0.6) is 0 Å². The molecule has 0 aromatic heterocycles. The van der Waals surface area contributed by atoms with Crippen LogP contribution in [0.15, 0.2) is 41.3 Å². The topological polar surface area (TPSA) is 77.9 Å². The van der Waals surface area contributed by atoms with E-state index < -0.39 is 21.9 Å².